The molecular formula is C19H21NO3. The predicted molar refractivity (Wildman–Crippen MR) is 89.6 cm³/mol. The molecular weight excluding hydrogens is 290 g/mol. The fraction of sp³-hybridized carbons (Fsp3) is 0.263. The molecule has 0 aromatic heterocycles. The van der Waals surface area contributed by atoms with E-state index in [2.05, 4.69) is 5.32 Å². The van der Waals surface area contributed by atoms with Gasteiger partial charge in [-0.3, -0.25) is 9.59 Å². The molecule has 2 aromatic rings. The van der Waals surface area contributed by atoms with Gasteiger partial charge in [0.2, 0.25) is 0 Å². The lowest BCUT2D eigenvalue weighted by Crippen LogP contribution is -2.30. The molecule has 2 rings (SSSR count). The van der Waals surface area contributed by atoms with Crippen molar-refractivity contribution < 1.29 is 14.7 Å². The van der Waals surface area contributed by atoms with E-state index in [1.807, 2.05) is 57.2 Å². The van der Waals surface area contributed by atoms with Crippen LogP contribution in [-0.4, -0.2) is 17.0 Å². The first-order valence-corrected chi connectivity index (χ1v) is 7.54. The number of hydrogen-bond acceptors (Lipinski definition) is 2. The standard InChI is InChI=1S/C19H21NO3/c1-12-8-9-15(10-14(12)3)19(23)20-17(11-18(21)22)16-7-5-4-6-13(16)2/h4-10,17H,11H2,1-3H3,(H,20,23)(H,21,22). The Morgan fingerprint density at radius 2 is 1.70 bits per heavy atom. The van der Waals surface area contributed by atoms with Crippen molar-refractivity contribution in [2.24, 2.45) is 0 Å². The number of amides is 1. The van der Waals surface area contributed by atoms with E-state index in [1.54, 1.807) is 6.07 Å². The number of carbonyl (C=O) groups excluding carboxylic acids is 1. The Balaban J connectivity index is 2.27. The number of carboxylic acid groups (broad SMARTS) is 1. The highest BCUT2D eigenvalue weighted by atomic mass is 16.4. The minimum atomic E-state index is -0.946. The van der Waals surface area contributed by atoms with Crippen LogP contribution < -0.4 is 5.32 Å². The summed E-state index contributed by atoms with van der Waals surface area (Å²) in [5.74, 6) is -1.21. The van der Waals surface area contributed by atoms with Crippen molar-refractivity contribution in [3.63, 3.8) is 0 Å². The first-order chi connectivity index (χ1) is 10.9. The lowest BCUT2D eigenvalue weighted by atomic mass is 9.98. The van der Waals surface area contributed by atoms with Gasteiger partial charge in [0, 0.05) is 5.56 Å². The van der Waals surface area contributed by atoms with E-state index in [0.717, 1.165) is 22.3 Å². The molecule has 1 unspecified atom stereocenters. The maximum absolute atomic E-state index is 12.5. The van der Waals surface area contributed by atoms with Crippen LogP contribution in [0.15, 0.2) is 42.5 Å². The molecule has 0 aliphatic heterocycles. The summed E-state index contributed by atoms with van der Waals surface area (Å²) in [6.45, 7) is 5.84. The van der Waals surface area contributed by atoms with E-state index >= 15 is 0 Å². The third-order valence-corrected chi connectivity index (χ3v) is 4.02. The highest BCUT2D eigenvalue weighted by molar-refractivity contribution is 5.95. The van der Waals surface area contributed by atoms with Gasteiger partial charge in [0.05, 0.1) is 12.5 Å². The van der Waals surface area contributed by atoms with E-state index < -0.39 is 12.0 Å². The van der Waals surface area contributed by atoms with Gasteiger partial charge in [0.1, 0.15) is 0 Å². The van der Waals surface area contributed by atoms with Crippen molar-refractivity contribution in [1.29, 1.82) is 0 Å². The van der Waals surface area contributed by atoms with Crippen LogP contribution in [0.1, 0.15) is 45.1 Å². The van der Waals surface area contributed by atoms with Crippen molar-refractivity contribution in [1.82, 2.24) is 5.32 Å². The number of carboxylic acids is 1. The van der Waals surface area contributed by atoms with Crippen molar-refractivity contribution in [2.45, 2.75) is 33.2 Å². The molecule has 0 heterocycles. The molecule has 1 amide bonds. The average Bonchev–Trinajstić information content (AvgIpc) is 2.49. The third-order valence-electron chi connectivity index (χ3n) is 4.02. The lowest BCUT2D eigenvalue weighted by Gasteiger charge is -2.19. The number of carbonyl (C=O) groups is 2. The molecule has 0 bridgehead atoms. The zero-order chi connectivity index (χ0) is 17.0. The number of hydrogen-bond donors (Lipinski definition) is 2. The molecule has 4 heteroatoms. The first-order valence-electron chi connectivity index (χ1n) is 7.54. The Labute approximate surface area is 136 Å². The maximum atomic E-state index is 12.5. The number of rotatable bonds is 5. The van der Waals surface area contributed by atoms with E-state index in [9.17, 15) is 9.59 Å². The topological polar surface area (TPSA) is 66.4 Å². The summed E-state index contributed by atoms with van der Waals surface area (Å²) >= 11 is 0. The van der Waals surface area contributed by atoms with Crippen molar-refractivity contribution >= 4 is 11.9 Å². The van der Waals surface area contributed by atoms with Gasteiger partial charge in [-0.25, -0.2) is 0 Å². The van der Waals surface area contributed by atoms with E-state index in [-0.39, 0.29) is 12.3 Å². The zero-order valence-electron chi connectivity index (χ0n) is 13.6. The normalized spacial score (nSPS) is 11.8. The highest BCUT2D eigenvalue weighted by Crippen LogP contribution is 2.21. The first kappa shape index (κ1) is 16.7. The maximum Gasteiger partial charge on any atom is 0.305 e. The van der Waals surface area contributed by atoms with Crippen LogP contribution in [0.5, 0.6) is 0 Å². The summed E-state index contributed by atoms with van der Waals surface area (Å²) in [5.41, 5.74) is 4.47. The molecule has 2 N–H and O–H groups in total. The number of benzene rings is 2. The van der Waals surface area contributed by atoms with E-state index in [4.69, 9.17) is 5.11 Å². The second-order valence-corrected chi connectivity index (χ2v) is 5.78. The van der Waals surface area contributed by atoms with Crippen LogP contribution in [0.3, 0.4) is 0 Å². The fourth-order valence-corrected chi connectivity index (χ4v) is 2.52. The highest BCUT2D eigenvalue weighted by Gasteiger charge is 2.20. The lowest BCUT2D eigenvalue weighted by molar-refractivity contribution is -0.137. The summed E-state index contributed by atoms with van der Waals surface area (Å²) < 4.78 is 0. The van der Waals surface area contributed by atoms with Crippen LogP contribution >= 0.6 is 0 Å². The molecule has 0 spiro atoms. The fourth-order valence-electron chi connectivity index (χ4n) is 2.52. The van der Waals surface area contributed by atoms with E-state index in [1.165, 1.54) is 0 Å². The molecule has 23 heavy (non-hydrogen) atoms. The second-order valence-electron chi connectivity index (χ2n) is 5.78. The van der Waals surface area contributed by atoms with Gasteiger partial charge in [-0.1, -0.05) is 30.3 Å². The van der Waals surface area contributed by atoms with Gasteiger partial charge in [-0.2, -0.15) is 0 Å². The number of aliphatic carboxylic acids is 1. The minimum absolute atomic E-state index is 0.151. The zero-order valence-corrected chi connectivity index (χ0v) is 13.6. The van der Waals surface area contributed by atoms with Crippen molar-refractivity contribution in [3.05, 3.63) is 70.3 Å². The van der Waals surface area contributed by atoms with Gasteiger partial charge in [0.25, 0.3) is 5.91 Å². The summed E-state index contributed by atoms with van der Waals surface area (Å²) in [7, 11) is 0. The summed E-state index contributed by atoms with van der Waals surface area (Å²) in [5, 5.41) is 12.0. The monoisotopic (exact) mass is 311 g/mol. The molecule has 0 saturated carbocycles. The Kier molecular flexibility index (Phi) is 5.16. The second kappa shape index (κ2) is 7.09. The van der Waals surface area contributed by atoms with Crippen LogP contribution in [-0.2, 0) is 4.79 Å². The predicted octanol–water partition coefficient (Wildman–Crippen LogP) is 3.56. The Morgan fingerprint density at radius 3 is 2.30 bits per heavy atom. The van der Waals surface area contributed by atoms with Gasteiger partial charge in [-0.05, 0) is 55.2 Å². The molecule has 1 atom stereocenters. The number of aryl methyl sites for hydroxylation is 3. The molecule has 4 nitrogen and oxygen atoms in total. The molecule has 0 aliphatic carbocycles. The van der Waals surface area contributed by atoms with Gasteiger partial charge in [-0.15, -0.1) is 0 Å². The Hall–Kier alpha value is -2.62. The Morgan fingerprint density at radius 1 is 1.00 bits per heavy atom. The summed E-state index contributed by atoms with van der Waals surface area (Å²) in [4.78, 5) is 23.6. The van der Waals surface area contributed by atoms with Gasteiger partial charge in [0.15, 0.2) is 0 Å². The quantitative estimate of drug-likeness (QED) is 0.887. The number of nitrogens with one attached hydrogen (secondary N) is 1. The smallest absolute Gasteiger partial charge is 0.305 e. The third kappa shape index (κ3) is 4.19. The molecule has 0 saturated heterocycles. The molecule has 0 aliphatic rings. The summed E-state index contributed by atoms with van der Waals surface area (Å²) in [6, 6.07) is 12.4. The molecule has 0 radical (unpaired) electrons. The summed E-state index contributed by atoms with van der Waals surface area (Å²) in [6.07, 6.45) is -0.151. The molecule has 120 valence electrons. The van der Waals surface area contributed by atoms with Crippen LogP contribution in [0.2, 0.25) is 0 Å². The van der Waals surface area contributed by atoms with Crippen LogP contribution in [0, 0.1) is 20.8 Å². The van der Waals surface area contributed by atoms with E-state index in [0.29, 0.717) is 5.56 Å². The van der Waals surface area contributed by atoms with Crippen LogP contribution in [0.4, 0.5) is 0 Å². The van der Waals surface area contributed by atoms with Gasteiger partial charge < -0.3 is 10.4 Å². The molecule has 2 aromatic carbocycles. The SMILES string of the molecule is Cc1ccc(C(=O)NC(CC(=O)O)c2ccccc2C)cc1C. The van der Waals surface area contributed by atoms with Crippen molar-refractivity contribution in [2.75, 3.05) is 0 Å². The Bertz CT molecular complexity index is 737. The van der Waals surface area contributed by atoms with Gasteiger partial charge >= 0.3 is 5.97 Å². The largest absolute Gasteiger partial charge is 0.481 e. The van der Waals surface area contributed by atoms with Crippen molar-refractivity contribution in [3.8, 4) is 0 Å². The molecule has 0 fully saturated rings. The minimum Gasteiger partial charge on any atom is -0.481 e. The van der Waals surface area contributed by atoms with Crippen LogP contribution in [0.25, 0.3) is 0 Å². The average molecular weight is 311 g/mol.